The normalized spacial score (nSPS) is 11.4. The molecule has 124 valence electrons. The Morgan fingerprint density at radius 1 is 0.960 bits per heavy atom. The molecule has 0 saturated heterocycles. The molecule has 0 unspecified atom stereocenters. The van der Waals surface area contributed by atoms with E-state index in [1.807, 2.05) is 43.3 Å². The van der Waals surface area contributed by atoms with Crippen LogP contribution < -0.4 is 5.43 Å². The fraction of sp³-hybridized carbons (Fsp3) is 0.100. The van der Waals surface area contributed by atoms with Gasteiger partial charge in [-0.05, 0) is 18.1 Å². The fourth-order valence-electron chi connectivity index (χ4n) is 2.64. The van der Waals surface area contributed by atoms with Crippen molar-refractivity contribution >= 4 is 11.6 Å². The lowest BCUT2D eigenvalue weighted by Gasteiger charge is -2.18. The number of hydrogen-bond donors (Lipinski definition) is 1. The van der Waals surface area contributed by atoms with Gasteiger partial charge in [0.1, 0.15) is 5.69 Å². The molecule has 0 radical (unpaired) electrons. The van der Waals surface area contributed by atoms with E-state index >= 15 is 0 Å². The van der Waals surface area contributed by atoms with Gasteiger partial charge in [0.15, 0.2) is 0 Å². The molecule has 3 aromatic rings. The first kappa shape index (κ1) is 16.5. The summed E-state index contributed by atoms with van der Waals surface area (Å²) in [5, 5.41) is 4.30. The van der Waals surface area contributed by atoms with Crippen molar-refractivity contribution in [2.24, 2.45) is 5.10 Å². The van der Waals surface area contributed by atoms with Crippen molar-refractivity contribution in [3.8, 4) is 0 Å². The molecule has 5 nitrogen and oxygen atoms in total. The molecule has 0 bridgehead atoms. The van der Waals surface area contributed by atoms with Gasteiger partial charge in [0.2, 0.25) is 0 Å². The van der Waals surface area contributed by atoms with Crippen molar-refractivity contribution in [1.82, 2.24) is 15.4 Å². The van der Waals surface area contributed by atoms with E-state index < -0.39 is 0 Å². The Kier molecular flexibility index (Phi) is 5.26. The Labute approximate surface area is 146 Å². The number of benzene rings is 2. The number of rotatable bonds is 5. The second-order valence-electron chi connectivity index (χ2n) is 5.54. The molecular weight excluding hydrogens is 312 g/mol. The number of carbonyl (C=O) groups excluding carboxylic acids is 1. The van der Waals surface area contributed by atoms with Gasteiger partial charge in [-0.25, -0.2) is 10.4 Å². The first-order valence-corrected chi connectivity index (χ1v) is 7.96. The molecule has 25 heavy (non-hydrogen) atoms. The minimum Gasteiger partial charge on any atom is -0.265 e. The molecule has 0 spiro atoms. The van der Waals surface area contributed by atoms with E-state index in [9.17, 15) is 4.79 Å². The smallest absolute Gasteiger partial charge is 0.265 e. The summed E-state index contributed by atoms with van der Waals surface area (Å²) in [6.07, 6.45) is 4.40. The molecule has 1 aromatic heterocycles. The van der Waals surface area contributed by atoms with Crippen LogP contribution in [0.25, 0.3) is 0 Å². The zero-order chi connectivity index (χ0) is 17.5. The Balaban J connectivity index is 1.87. The van der Waals surface area contributed by atoms with E-state index in [-0.39, 0.29) is 17.5 Å². The maximum atomic E-state index is 12.1. The molecule has 1 N–H and O–H groups in total. The Morgan fingerprint density at radius 2 is 1.56 bits per heavy atom. The summed E-state index contributed by atoms with van der Waals surface area (Å²) >= 11 is 0. The third-order valence-electron chi connectivity index (χ3n) is 3.81. The molecule has 2 aromatic carbocycles. The highest BCUT2D eigenvalue weighted by Gasteiger charge is 2.17. The van der Waals surface area contributed by atoms with Crippen LogP contribution in [-0.2, 0) is 0 Å². The van der Waals surface area contributed by atoms with Gasteiger partial charge in [-0.2, -0.15) is 5.10 Å². The van der Waals surface area contributed by atoms with E-state index in [0.717, 1.165) is 16.8 Å². The Morgan fingerprint density at radius 3 is 2.08 bits per heavy atom. The van der Waals surface area contributed by atoms with E-state index in [2.05, 4.69) is 44.8 Å². The molecule has 0 atom stereocenters. The first-order valence-electron chi connectivity index (χ1n) is 7.96. The maximum Gasteiger partial charge on any atom is 0.291 e. The lowest BCUT2D eigenvalue weighted by atomic mass is 9.88. The topological polar surface area (TPSA) is 67.2 Å². The largest absolute Gasteiger partial charge is 0.291 e. The molecular formula is C20H18N4O. The van der Waals surface area contributed by atoms with E-state index in [4.69, 9.17) is 0 Å². The van der Waals surface area contributed by atoms with Gasteiger partial charge in [-0.15, -0.1) is 0 Å². The highest BCUT2D eigenvalue weighted by atomic mass is 16.2. The van der Waals surface area contributed by atoms with Crippen LogP contribution in [0.4, 0.5) is 0 Å². The Hall–Kier alpha value is -3.34. The summed E-state index contributed by atoms with van der Waals surface area (Å²) < 4.78 is 0. The van der Waals surface area contributed by atoms with Crippen molar-refractivity contribution in [2.75, 3.05) is 0 Å². The molecule has 0 fully saturated rings. The van der Waals surface area contributed by atoms with Gasteiger partial charge >= 0.3 is 0 Å². The number of hydrogen-bond acceptors (Lipinski definition) is 4. The van der Waals surface area contributed by atoms with Crippen molar-refractivity contribution in [2.45, 2.75) is 12.8 Å². The highest BCUT2D eigenvalue weighted by molar-refractivity contribution is 5.95. The number of nitrogens with zero attached hydrogens (tertiary/aromatic N) is 3. The molecule has 0 aliphatic carbocycles. The molecule has 5 heteroatoms. The number of nitrogens with one attached hydrogen (secondary N) is 1. The minimum absolute atomic E-state index is 0.0374. The molecule has 0 aliphatic heterocycles. The van der Waals surface area contributed by atoms with Gasteiger partial charge in [0, 0.05) is 24.0 Å². The summed E-state index contributed by atoms with van der Waals surface area (Å²) in [6, 6.07) is 20.2. The molecule has 0 saturated carbocycles. The van der Waals surface area contributed by atoms with Gasteiger partial charge in [0.05, 0.1) is 6.20 Å². The van der Waals surface area contributed by atoms with E-state index in [0.29, 0.717) is 0 Å². The molecule has 1 heterocycles. The van der Waals surface area contributed by atoms with Crippen molar-refractivity contribution in [1.29, 1.82) is 0 Å². The van der Waals surface area contributed by atoms with Gasteiger partial charge in [-0.1, -0.05) is 60.7 Å². The predicted octanol–water partition coefficient (Wildman–Crippen LogP) is 3.41. The third-order valence-corrected chi connectivity index (χ3v) is 3.81. The standard InChI is InChI=1S/C20H18N4O/c1-15(23-24-20(25)18-14-21-12-13-22-18)19(16-8-4-2-5-9-16)17-10-6-3-7-11-17/h2-14,19H,1H3,(H,24,25). The van der Waals surface area contributed by atoms with Crippen LogP contribution in [0.15, 0.2) is 84.4 Å². The van der Waals surface area contributed by atoms with Gasteiger partial charge < -0.3 is 0 Å². The van der Waals surface area contributed by atoms with E-state index in [1.165, 1.54) is 18.6 Å². The number of amides is 1. The number of hydrazone groups is 1. The molecule has 1 amide bonds. The summed E-state index contributed by atoms with van der Waals surface area (Å²) in [6.45, 7) is 1.90. The van der Waals surface area contributed by atoms with Gasteiger partial charge in [0.25, 0.3) is 5.91 Å². The van der Waals surface area contributed by atoms with Gasteiger partial charge in [-0.3, -0.25) is 9.78 Å². The monoisotopic (exact) mass is 330 g/mol. The SMILES string of the molecule is CC(=NNC(=O)c1cnccn1)C(c1ccccc1)c1ccccc1. The summed E-state index contributed by atoms with van der Waals surface area (Å²) in [4.78, 5) is 20.0. The van der Waals surface area contributed by atoms with Crippen LogP contribution in [0.1, 0.15) is 34.5 Å². The maximum absolute atomic E-state index is 12.1. The van der Waals surface area contributed by atoms with Crippen molar-refractivity contribution < 1.29 is 4.79 Å². The lowest BCUT2D eigenvalue weighted by Crippen LogP contribution is -2.22. The van der Waals surface area contributed by atoms with Crippen LogP contribution in [0.2, 0.25) is 0 Å². The third kappa shape index (κ3) is 4.14. The van der Waals surface area contributed by atoms with Crippen molar-refractivity contribution in [3.05, 3.63) is 96.1 Å². The zero-order valence-electron chi connectivity index (χ0n) is 13.8. The summed E-state index contributed by atoms with van der Waals surface area (Å²) in [7, 11) is 0. The summed E-state index contributed by atoms with van der Waals surface area (Å²) in [5.41, 5.74) is 5.81. The molecule has 0 aliphatic rings. The average Bonchev–Trinajstić information content (AvgIpc) is 2.69. The van der Waals surface area contributed by atoms with Crippen LogP contribution in [0.3, 0.4) is 0 Å². The van der Waals surface area contributed by atoms with Crippen molar-refractivity contribution in [3.63, 3.8) is 0 Å². The second-order valence-corrected chi connectivity index (χ2v) is 5.54. The summed E-state index contributed by atoms with van der Waals surface area (Å²) in [5.74, 6) is -0.420. The quantitative estimate of drug-likeness (QED) is 0.576. The zero-order valence-corrected chi connectivity index (χ0v) is 13.8. The number of aromatic nitrogens is 2. The lowest BCUT2D eigenvalue weighted by molar-refractivity contribution is 0.0949. The Bertz CT molecular complexity index is 809. The number of carbonyl (C=O) groups is 1. The fourth-order valence-corrected chi connectivity index (χ4v) is 2.64. The average molecular weight is 330 g/mol. The van der Waals surface area contributed by atoms with Crippen LogP contribution in [0, 0.1) is 0 Å². The van der Waals surface area contributed by atoms with Crippen LogP contribution >= 0.6 is 0 Å². The minimum atomic E-state index is -0.382. The predicted molar refractivity (Wildman–Crippen MR) is 97.3 cm³/mol. The molecule has 3 rings (SSSR count). The first-order chi connectivity index (χ1) is 12.3. The van der Waals surface area contributed by atoms with Crippen LogP contribution in [0.5, 0.6) is 0 Å². The second kappa shape index (κ2) is 7.97. The van der Waals surface area contributed by atoms with E-state index in [1.54, 1.807) is 0 Å². The van der Waals surface area contributed by atoms with Crippen LogP contribution in [-0.4, -0.2) is 21.6 Å². The highest BCUT2D eigenvalue weighted by Crippen LogP contribution is 2.25.